The van der Waals surface area contributed by atoms with Crippen LogP contribution in [0.15, 0.2) is 42.7 Å². The first-order valence-electron chi connectivity index (χ1n) is 14.2. The Bertz CT molecular complexity index is 1350. The molecule has 41 heavy (non-hydrogen) atoms. The summed E-state index contributed by atoms with van der Waals surface area (Å²) in [6, 6.07) is 9.69. The molecule has 0 radical (unpaired) electrons. The van der Waals surface area contributed by atoms with Crippen LogP contribution >= 0.6 is 11.6 Å². The molecule has 8 heteroatoms. The van der Waals surface area contributed by atoms with Gasteiger partial charge >= 0.3 is 5.97 Å². The average Bonchev–Trinajstić information content (AvgIpc) is 2.89. The Balaban J connectivity index is 1.68. The van der Waals surface area contributed by atoms with Crippen molar-refractivity contribution in [2.75, 3.05) is 24.6 Å². The van der Waals surface area contributed by atoms with Crippen LogP contribution in [0.1, 0.15) is 75.9 Å². The van der Waals surface area contributed by atoms with Crippen LogP contribution in [0.2, 0.25) is 5.02 Å². The van der Waals surface area contributed by atoms with Crippen molar-refractivity contribution in [2.24, 2.45) is 5.41 Å². The lowest BCUT2D eigenvalue weighted by Crippen LogP contribution is -2.39. The van der Waals surface area contributed by atoms with Gasteiger partial charge < -0.3 is 19.5 Å². The highest BCUT2D eigenvalue weighted by Crippen LogP contribution is 2.43. The number of aliphatic carboxylic acids is 1. The minimum atomic E-state index is -1.16. The Morgan fingerprint density at radius 3 is 2.39 bits per heavy atom. The number of anilines is 1. The highest BCUT2D eigenvalue weighted by molar-refractivity contribution is 6.31. The van der Waals surface area contributed by atoms with E-state index in [0.29, 0.717) is 35.7 Å². The van der Waals surface area contributed by atoms with Crippen LogP contribution in [-0.4, -0.2) is 46.3 Å². The Morgan fingerprint density at radius 2 is 1.80 bits per heavy atom. The zero-order valence-corrected chi connectivity index (χ0v) is 26.0. The fourth-order valence-electron chi connectivity index (χ4n) is 5.25. The second-order valence-electron chi connectivity index (χ2n) is 12.6. The highest BCUT2D eigenvalue weighted by atomic mass is 35.5. The molecule has 1 N–H and O–H groups in total. The van der Waals surface area contributed by atoms with Crippen molar-refractivity contribution in [1.82, 2.24) is 9.97 Å². The number of halogens is 1. The first-order chi connectivity index (χ1) is 19.3. The number of benzene rings is 1. The van der Waals surface area contributed by atoms with Crippen molar-refractivity contribution < 1.29 is 19.4 Å². The standard InChI is InChI=1S/C33H42ClN3O4/c1-21-9-8-10-26(34)24(21)13-18-40-23-11-12-27(36-19-23)25-20-35-22(2)28(30(31(38)39)41-32(3,4)5)29(25)37-16-14-33(6,7)15-17-37/h8-12,19-20,30H,13-18H2,1-7H3,(H,38,39). The maximum Gasteiger partial charge on any atom is 0.337 e. The van der Waals surface area contributed by atoms with Crippen LogP contribution in [0.25, 0.3) is 11.3 Å². The molecule has 1 aromatic carbocycles. The van der Waals surface area contributed by atoms with Gasteiger partial charge in [-0.05, 0) is 82.2 Å². The van der Waals surface area contributed by atoms with Crippen molar-refractivity contribution in [2.45, 2.75) is 79.4 Å². The third-order valence-electron chi connectivity index (χ3n) is 7.66. The molecule has 0 amide bonds. The Hall–Kier alpha value is -3.16. The fourth-order valence-corrected chi connectivity index (χ4v) is 5.57. The van der Waals surface area contributed by atoms with E-state index >= 15 is 0 Å². The predicted octanol–water partition coefficient (Wildman–Crippen LogP) is 7.60. The molecule has 1 fully saturated rings. The molecule has 220 valence electrons. The molecule has 0 bridgehead atoms. The lowest BCUT2D eigenvalue weighted by atomic mass is 9.82. The molecule has 1 aliphatic rings. The van der Waals surface area contributed by atoms with Crippen molar-refractivity contribution in [3.05, 3.63) is 70.1 Å². The smallest absolute Gasteiger partial charge is 0.337 e. The van der Waals surface area contributed by atoms with Crippen LogP contribution in [0.4, 0.5) is 5.69 Å². The van der Waals surface area contributed by atoms with E-state index in [1.165, 1.54) is 0 Å². The monoisotopic (exact) mass is 579 g/mol. The number of carboxylic acid groups (broad SMARTS) is 1. The summed E-state index contributed by atoms with van der Waals surface area (Å²) < 4.78 is 12.1. The first-order valence-corrected chi connectivity index (χ1v) is 14.6. The Morgan fingerprint density at radius 1 is 1.10 bits per heavy atom. The first kappa shape index (κ1) is 30.8. The maximum absolute atomic E-state index is 12.6. The number of ether oxygens (including phenoxy) is 2. The Labute approximate surface area is 248 Å². The molecule has 3 aromatic rings. The number of nitrogens with zero attached hydrogens (tertiary/aromatic N) is 3. The minimum Gasteiger partial charge on any atom is -0.492 e. The van der Waals surface area contributed by atoms with Crippen LogP contribution in [0, 0.1) is 19.3 Å². The van der Waals surface area contributed by atoms with Gasteiger partial charge in [0.15, 0.2) is 6.10 Å². The van der Waals surface area contributed by atoms with E-state index in [1.807, 2.05) is 65.0 Å². The molecule has 1 saturated heterocycles. The summed E-state index contributed by atoms with van der Waals surface area (Å²) >= 11 is 6.37. The second kappa shape index (κ2) is 12.4. The van der Waals surface area contributed by atoms with E-state index in [1.54, 1.807) is 12.4 Å². The molecular weight excluding hydrogens is 538 g/mol. The summed E-state index contributed by atoms with van der Waals surface area (Å²) in [7, 11) is 0. The minimum absolute atomic E-state index is 0.229. The Kier molecular flexibility index (Phi) is 9.29. The van der Waals surface area contributed by atoms with Gasteiger partial charge in [0.2, 0.25) is 0 Å². The summed E-state index contributed by atoms with van der Waals surface area (Å²) in [5.41, 5.74) is 5.33. The van der Waals surface area contributed by atoms with Gasteiger partial charge in [0.25, 0.3) is 0 Å². The summed E-state index contributed by atoms with van der Waals surface area (Å²) in [4.78, 5) is 24.3. The van der Waals surface area contributed by atoms with E-state index in [0.717, 1.165) is 53.3 Å². The molecule has 2 aromatic heterocycles. The molecule has 4 rings (SSSR count). The van der Waals surface area contributed by atoms with Crippen molar-refractivity contribution in [1.29, 1.82) is 0 Å². The highest BCUT2D eigenvalue weighted by Gasteiger charge is 2.36. The molecule has 0 aliphatic carbocycles. The number of hydrogen-bond donors (Lipinski definition) is 1. The lowest BCUT2D eigenvalue weighted by Gasteiger charge is -2.40. The molecule has 1 atom stereocenters. The predicted molar refractivity (Wildman–Crippen MR) is 164 cm³/mol. The van der Waals surface area contributed by atoms with E-state index in [2.05, 4.69) is 23.7 Å². The third kappa shape index (κ3) is 7.57. The topological polar surface area (TPSA) is 84.8 Å². The number of rotatable bonds is 9. The van der Waals surface area contributed by atoms with Gasteiger partial charge in [0.1, 0.15) is 5.75 Å². The van der Waals surface area contributed by atoms with Gasteiger partial charge in [0.05, 0.1) is 29.8 Å². The number of pyridine rings is 2. The van der Waals surface area contributed by atoms with Gasteiger partial charge in [0, 0.05) is 47.6 Å². The van der Waals surface area contributed by atoms with Crippen molar-refractivity contribution in [3.63, 3.8) is 0 Å². The van der Waals surface area contributed by atoms with E-state index in [4.69, 9.17) is 26.1 Å². The normalized spacial score (nSPS) is 16.0. The second-order valence-corrected chi connectivity index (χ2v) is 13.0. The number of carbonyl (C=O) groups is 1. The van der Waals surface area contributed by atoms with Crippen molar-refractivity contribution >= 4 is 23.3 Å². The molecule has 0 saturated carbocycles. The fraction of sp³-hybridized carbons (Fsp3) is 0.485. The summed E-state index contributed by atoms with van der Waals surface area (Å²) in [5, 5.41) is 11.0. The quantitative estimate of drug-likeness (QED) is 0.279. The zero-order valence-electron chi connectivity index (χ0n) is 25.3. The molecular formula is C33H42ClN3O4. The van der Waals surface area contributed by atoms with Gasteiger partial charge in [-0.3, -0.25) is 9.97 Å². The summed E-state index contributed by atoms with van der Waals surface area (Å²) in [6.07, 6.45) is 5.03. The molecule has 1 unspecified atom stereocenters. The van der Waals surface area contributed by atoms with Gasteiger partial charge in [-0.15, -0.1) is 0 Å². The van der Waals surface area contributed by atoms with Crippen molar-refractivity contribution in [3.8, 4) is 17.0 Å². The summed E-state index contributed by atoms with van der Waals surface area (Å²) in [5.74, 6) is -0.384. The van der Waals surface area contributed by atoms with E-state index in [-0.39, 0.29) is 5.41 Å². The van der Waals surface area contributed by atoms with Crippen LogP contribution in [0.3, 0.4) is 0 Å². The number of piperidine rings is 1. The van der Waals surface area contributed by atoms with Gasteiger partial charge in [-0.25, -0.2) is 4.79 Å². The molecule has 0 spiro atoms. The number of aryl methyl sites for hydroxylation is 2. The average molecular weight is 580 g/mol. The van der Waals surface area contributed by atoms with Gasteiger partial charge in [-0.2, -0.15) is 0 Å². The third-order valence-corrected chi connectivity index (χ3v) is 8.02. The van der Waals surface area contributed by atoms with E-state index in [9.17, 15) is 9.90 Å². The SMILES string of the molecule is Cc1cccc(Cl)c1CCOc1ccc(-c2cnc(C)c(C(OC(C)(C)C)C(=O)O)c2N2CCC(C)(C)CC2)nc1. The number of hydrogen-bond acceptors (Lipinski definition) is 6. The van der Waals surface area contributed by atoms with Crippen LogP contribution in [-0.2, 0) is 16.0 Å². The largest absolute Gasteiger partial charge is 0.492 e. The van der Waals surface area contributed by atoms with Crippen LogP contribution in [0.5, 0.6) is 5.75 Å². The van der Waals surface area contributed by atoms with E-state index < -0.39 is 17.7 Å². The maximum atomic E-state index is 12.6. The molecule has 1 aliphatic heterocycles. The zero-order chi connectivity index (χ0) is 29.9. The molecule has 7 nitrogen and oxygen atoms in total. The van der Waals surface area contributed by atoms with Crippen LogP contribution < -0.4 is 9.64 Å². The number of aromatic nitrogens is 2. The number of carboxylic acids is 1. The van der Waals surface area contributed by atoms with Gasteiger partial charge in [-0.1, -0.05) is 37.6 Å². The molecule has 3 heterocycles. The summed E-state index contributed by atoms with van der Waals surface area (Å²) in [6.45, 7) is 16.1. The lowest BCUT2D eigenvalue weighted by molar-refractivity contribution is -0.160.